The average molecular weight is 319 g/mol. The molecule has 0 bridgehead atoms. The number of halogens is 1. The van der Waals surface area contributed by atoms with Gasteiger partial charge in [0, 0.05) is 29.4 Å². The van der Waals surface area contributed by atoms with Crippen molar-refractivity contribution in [2.75, 3.05) is 19.0 Å². The maximum Gasteiger partial charge on any atom is 0.224 e. The van der Waals surface area contributed by atoms with Gasteiger partial charge in [-0.2, -0.15) is 0 Å². The number of carbonyl (C=O) groups is 1. The fraction of sp³-hybridized carbons (Fsp3) is 0.364. The molecule has 0 aromatic heterocycles. The fourth-order valence-corrected chi connectivity index (χ4v) is 1.71. The molecule has 0 atom stereocenters. The highest BCUT2D eigenvalue weighted by atomic mass is 127. The summed E-state index contributed by atoms with van der Waals surface area (Å²) in [5.74, 6) is 0.0362. The van der Waals surface area contributed by atoms with Gasteiger partial charge in [-0.15, -0.1) is 0 Å². The van der Waals surface area contributed by atoms with Gasteiger partial charge in [0.25, 0.3) is 0 Å². The summed E-state index contributed by atoms with van der Waals surface area (Å²) in [5, 5.41) is 2.84. The van der Waals surface area contributed by atoms with Gasteiger partial charge < -0.3 is 10.1 Å². The second-order valence-corrected chi connectivity index (χ2v) is 4.40. The van der Waals surface area contributed by atoms with Crippen molar-refractivity contribution in [2.24, 2.45) is 0 Å². The van der Waals surface area contributed by atoms with E-state index in [1.54, 1.807) is 7.11 Å². The number of methoxy groups -OCH3 is 1. The standard InChI is InChI=1S/C11H14INO2/c1-15-7-3-6-11(14)13-10-5-2-4-9(12)8-10/h2,4-5,8H,3,6-7H2,1H3,(H,13,14). The zero-order valence-electron chi connectivity index (χ0n) is 8.63. The summed E-state index contributed by atoms with van der Waals surface area (Å²) in [6.45, 7) is 0.625. The van der Waals surface area contributed by atoms with Gasteiger partial charge in [-0.1, -0.05) is 6.07 Å². The molecule has 0 saturated heterocycles. The van der Waals surface area contributed by atoms with Crippen LogP contribution in [0.3, 0.4) is 0 Å². The summed E-state index contributed by atoms with van der Waals surface area (Å²) in [4.78, 5) is 11.4. The Morgan fingerprint density at radius 1 is 1.53 bits per heavy atom. The number of carbonyl (C=O) groups excluding carboxylic acids is 1. The molecular formula is C11H14INO2. The van der Waals surface area contributed by atoms with E-state index in [2.05, 4.69) is 27.9 Å². The molecule has 0 saturated carbocycles. The molecule has 0 heterocycles. The smallest absolute Gasteiger partial charge is 0.224 e. The molecule has 0 radical (unpaired) electrons. The molecule has 4 heteroatoms. The molecule has 82 valence electrons. The zero-order chi connectivity index (χ0) is 11.1. The van der Waals surface area contributed by atoms with Gasteiger partial charge >= 0.3 is 0 Å². The lowest BCUT2D eigenvalue weighted by atomic mass is 10.3. The third-order valence-electron chi connectivity index (χ3n) is 1.86. The van der Waals surface area contributed by atoms with E-state index in [0.29, 0.717) is 13.0 Å². The first-order valence-corrected chi connectivity index (χ1v) is 5.84. The molecule has 0 unspecified atom stereocenters. The van der Waals surface area contributed by atoms with E-state index < -0.39 is 0 Å². The lowest BCUT2D eigenvalue weighted by Gasteiger charge is -2.05. The topological polar surface area (TPSA) is 38.3 Å². The monoisotopic (exact) mass is 319 g/mol. The van der Waals surface area contributed by atoms with Crippen molar-refractivity contribution in [2.45, 2.75) is 12.8 Å². The molecule has 0 aliphatic carbocycles. The van der Waals surface area contributed by atoms with E-state index in [9.17, 15) is 4.79 Å². The molecule has 0 spiro atoms. The van der Waals surface area contributed by atoms with E-state index in [-0.39, 0.29) is 5.91 Å². The summed E-state index contributed by atoms with van der Waals surface area (Å²) in [6.07, 6.45) is 1.26. The van der Waals surface area contributed by atoms with Crippen LogP contribution in [0.25, 0.3) is 0 Å². The molecule has 1 N–H and O–H groups in total. The highest BCUT2D eigenvalue weighted by Gasteiger charge is 2.01. The molecular weight excluding hydrogens is 305 g/mol. The minimum atomic E-state index is 0.0362. The number of amides is 1. The highest BCUT2D eigenvalue weighted by molar-refractivity contribution is 14.1. The van der Waals surface area contributed by atoms with Gasteiger partial charge in [0.05, 0.1) is 0 Å². The van der Waals surface area contributed by atoms with Crippen molar-refractivity contribution < 1.29 is 9.53 Å². The van der Waals surface area contributed by atoms with Crippen molar-refractivity contribution in [3.63, 3.8) is 0 Å². The van der Waals surface area contributed by atoms with E-state index in [0.717, 1.165) is 15.7 Å². The Labute approximate surface area is 103 Å². The molecule has 3 nitrogen and oxygen atoms in total. The normalized spacial score (nSPS) is 10.0. The van der Waals surface area contributed by atoms with E-state index in [4.69, 9.17) is 4.74 Å². The van der Waals surface area contributed by atoms with Crippen LogP contribution in [-0.2, 0) is 9.53 Å². The Hall–Kier alpha value is -0.620. The van der Waals surface area contributed by atoms with Crippen LogP contribution in [0, 0.1) is 3.57 Å². The quantitative estimate of drug-likeness (QED) is 0.669. The van der Waals surface area contributed by atoms with Gasteiger partial charge in [0.1, 0.15) is 0 Å². The summed E-state index contributed by atoms with van der Waals surface area (Å²) in [6, 6.07) is 7.73. The molecule has 1 rings (SSSR count). The van der Waals surface area contributed by atoms with E-state index in [1.807, 2.05) is 24.3 Å². The van der Waals surface area contributed by atoms with E-state index >= 15 is 0 Å². The molecule has 0 aliphatic rings. The Kier molecular flexibility index (Phi) is 5.63. The van der Waals surface area contributed by atoms with Gasteiger partial charge in [0.15, 0.2) is 0 Å². The minimum absolute atomic E-state index is 0.0362. The van der Waals surface area contributed by atoms with Crippen LogP contribution in [0.5, 0.6) is 0 Å². The van der Waals surface area contributed by atoms with Gasteiger partial charge in [-0.3, -0.25) is 4.79 Å². The second-order valence-electron chi connectivity index (χ2n) is 3.15. The first kappa shape index (κ1) is 12.4. The maximum absolute atomic E-state index is 11.4. The Bertz CT molecular complexity index is 328. The zero-order valence-corrected chi connectivity index (χ0v) is 10.8. The first-order chi connectivity index (χ1) is 7.22. The van der Waals surface area contributed by atoms with Crippen molar-refractivity contribution in [1.29, 1.82) is 0 Å². The third kappa shape index (κ3) is 5.13. The fourth-order valence-electron chi connectivity index (χ4n) is 1.17. The molecule has 1 aromatic rings. The number of anilines is 1. The number of hydrogen-bond donors (Lipinski definition) is 1. The molecule has 1 amide bonds. The average Bonchev–Trinajstić information content (AvgIpc) is 2.18. The largest absolute Gasteiger partial charge is 0.385 e. The number of hydrogen-bond acceptors (Lipinski definition) is 2. The maximum atomic E-state index is 11.4. The molecule has 1 aromatic carbocycles. The van der Waals surface area contributed by atoms with Gasteiger partial charge in [0.2, 0.25) is 5.91 Å². The van der Waals surface area contributed by atoms with Crippen LogP contribution < -0.4 is 5.32 Å². The lowest BCUT2D eigenvalue weighted by molar-refractivity contribution is -0.116. The number of nitrogens with one attached hydrogen (secondary N) is 1. The van der Waals surface area contributed by atoms with Gasteiger partial charge in [-0.05, 0) is 47.2 Å². The first-order valence-electron chi connectivity index (χ1n) is 4.76. The lowest BCUT2D eigenvalue weighted by Crippen LogP contribution is -2.12. The number of rotatable bonds is 5. The van der Waals surface area contributed by atoms with Crippen molar-refractivity contribution in [3.8, 4) is 0 Å². The Morgan fingerprint density at radius 2 is 2.33 bits per heavy atom. The van der Waals surface area contributed by atoms with Crippen LogP contribution in [0.4, 0.5) is 5.69 Å². The van der Waals surface area contributed by atoms with Crippen molar-refractivity contribution in [1.82, 2.24) is 0 Å². The van der Waals surface area contributed by atoms with Crippen molar-refractivity contribution >= 4 is 34.2 Å². The summed E-state index contributed by atoms with van der Waals surface area (Å²) in [5.41, 5.74) is 0.851. The Balaban J connectivity index is 2.37. The van der Waals surface area contributed by atoms with Crippen LogP contribution in [0.15, 0.2) is 24.3 Å². The SMILES string of the molecule is COCCCC(=O)Nc1cccc(I)c1. The predicted molar refractivity (Wildman–Crippen MR) is 68.9 cm³/mol. The highest BCUT2D eigenvalue weighted by Crippen LogP contribution is 2.12. The van der Waals surface area contributed by atoms with Crippen LogP contribution in [0.1, 0.15) is 12.8 Å². The van der Waals surface area contributed by atoms with Gasteiger partial charge in [-0.25, -0.2) is 0 Å². The second kappa shape index (κ2) is 6.79. The van der Waals surface area contributed by atoms with E-state index in [1.165, 1.54) is 0 Å². The predicted octanol–water partition coefficient (Wildman–Crippen LogP) is 2.66. The summed E-state index contributed by atoms with van der Waals surface area (Å²) in [7, 11) is 1.64. The molecule has 0 aliphatic heterocycles. The summed E-state index contributed by atoms with van der Waals surface area (Å²) < 4.78 is 5.99. The van der Waals surface area contributed by atoms with Crippen molar-refractivity contribution in [3.05, 3.63) is 27.8 Å². The summed E-state index contributed by atoms with van der Waals surface area (Å²) >= 11 is 2.22. The number of benzene rings is 1. The third-order valence-corrected chi connectivity index (χ3v) is 2.53. The number of ether oxygens (including phenoxy) is 1. The van der Waals surface area contributed by atoms with Crippen LogP contribution in [-0.4, -0.2) is 19.6 Å². The van der Waals surface area contributed by atoms with Crippen LogP contribution >= 0.6 is 22.6 Å². The molecule has 0 fully saturated rings. The minimum Gasteiger partial charge on any atom is -0.385 e. The molecule has 15 heavy (non-hydrogen) atoms. The van der Waals surface area contributed by atoms with Crippen LogP contribution in [0.2, 0.25) is 0 Å². The Morgan fingerprint density at radius 3 is 3.00 bits per heavy atom.